The van der Waals surface area contributed by atoms with E-state index in [4.69, 9.17) is 5.73 Å². The second-order valence-corrected chi connectivity index (χ2v) is 4.90. The summed E-state index contributed by atoms with van der Waals surface area (Å²) in [4.78, 5) is 11.1. The molecule has 1 aliphatic rings. The maximum Gasteiger partial charge on any atom is 0.322 e. The number of ether oxygens (including phenoxy) is 1. The zero-order chi connectivity index (χ0) is 11.4. The third-order valence-corrected chi connectivity index (χ3v) is 3.85. The second-order valence-electron chi connectivity index (χ2n) is 4.90. The lowest BCUT2D eigenvalue weighted by Gasteiger charge is -2.21. The van der Waals surface area contributed by atoms with Crippen molar-refractivity contribution in [2.75, 3.05) is 7.11 Å². The summed E-state index contributed by atoms with van der Waals surface area (Å²) >= 11 is 0. The van der Waals surface area contributed by atoms with E-state index in [0.717, 1.165) is 30.6 Å². The lowest BCUT2D eigenvalue weighted by atomic mass is 9.86. The second kappa shape index (κ2) is 5.50. The molecule has 1 saturated carbocycles. The maximum atomic E-state index is 11.1. The van der Waals surface area contributed by atoms with Gasteiger partial charge in [0.25, 0.3) is 0 Å². The standard InChI is InChI=1S/C12H23NO2/c1-8-4-5-9(2)10(8)6-7-11(13)12(14)15-3/h8-11H,4-7,13H2,1-3H3. The summed E-state index contributed by atoms with van der Waals surface area (Å²) in [5.41, 5.74) is 5.72. The number of carbonyl (C=O) groups is 1. The molecule has 3 heteroatoms. The Hall–Kier alpha value is -0.570. The molecule has 0 aromatic carbocycles. The van der Waals surface area contributed by atoms with E-state index in [-0.39, 0.29) is 5.97 Å². The first-order valence-corrected chi connectivity index (χ1v) is 5.89. The molecule has 0 spiro atoms. The predicted molar refractivity (Wildman–Crippen MR) is 60.3 cm³/mol. The molecule has 3 nitrogen and oxygen atoms in total. The molecule has 1 rings (SSSR count). The highest BCUT2D eigenvalue weighted by molar-refractivity contribution is 5.75. The summed E-state index contributed by atoms with van der Waals surface area (Å²) < 4.78 is 4.62. The molecular formula is C12H23NO2. The van der Waals surface area contributed by atoms with E-state index in [9.17, 15) is 4.79 Å². The number of hydrogen-bond donors (Lipinski definition) is 1. The molecule has 0 aromatic heterocycles. The predicted octanol–water partition coefficient (Wildman–Crippen LogP) is 1.95. The first kappa shape index (κ1) is 12.5. The summed E-state index contributed by atoms with van der Waals surface area (Å²) in [5, 5.41) is 0. The summed E-state index contributed by atoms with van der Waals surface area (Å²) in [6, 6.07) is -0.435. The van der Waals surface area contributed by atoms with E-state index in [2.05, 4.69) is 18.6 Å². The number of methoxy groups -OCH3 is 1. The molecule has 0 radical (unpaired) electrons. The van der Waals surface area contributed by atoms with Crippen LogP contribution in [0.4, 0.5) is 0 Å². The minimum atomic E-state index is -0.435. The molecule has 1 aliphatic carbocycles. The molecule has 3 atom stereocenters. The van der Waals surface area contributed by atoms with Crippen LogP contribution >= 0.6 is 0 Å². The summed E-state index contributed by atoms with van der Waals surface area (Å²) in [6.07, 6.45) is 4.45. The topological polar surface area (TPSA) is 52.3 Å². The molecule has 2 N–H and O–H groups in total. The van der Waals surface area contributed by atoms with Gasteiger partial charge in [-0.25, -0.2) is 0 Å². The fourth-order valence-electron chi connectivity index (χ4n) is 2.73. The average molecular weight is 213 g/mol. The Morgan fingerprint density at radius 3 is 2.40 bits per heavy atom. The zero-order valence-corrected chi connectivity index (χ0v) is 10.0. The van der Waals surface area contributed by atoms with Gasteiger partial charge in [-0.05, 0) is 30.6 Å². The first-order valence-electron chi connectivity index (χ1n) is 5.89. The Labute approximate surface area is 92.4 Å². The van der Waals surface area contributed by atoms with Gasteiger partial charge in [-0.3, -0.25) is 4.79 Å². The van der Waals surface area contributed by atoms with E-state index < -0.39 is 6.04 Å². The summed E-state index contributed by atoms with van der Waals surface area (Å²) in [6.45, 7) is 4.61. The largest absolute Gasteiger partial charge is 0.468 e. The molecule has 1 fully saturated rings. The molecule has 0 aliphatic heterocycles. The Kier molecular flexibility index (Phi) is 4.58. The van der Waals surface area contributed by atoms with Gasteiger partial charge in [0.2, 0.25) is 0 Å². The normalized spacial score (nSPS) is 32.7. The highest BCUT2D eigenvalue weighted by Crippen LogP contribution is 2.39. The molecule has 3 unspecified atom stereocenters. The third-order valence-electron chi connectivity index (χ3n) is 3.85. The fraction of sp³-hybridized carbons (Fsp3) is 0.917. The van der Waals surface area contributed by atoms with Gasteiger partial charge in [0.05, 0.1) is 7.11 Å². The molecule has 88 valence electrons. The fourth-order valence-corrected chi connectivity index (χ4v) is 2.73. The van der Waals surface area contributed by atoms with Gasteiger partial charge in [-0.1, -0.05) is 26.7 Å². The molecule has 0 bridgehead atoms. The van der Waals surface area contributed by atoms with Crippen molar-refractivity contribution >= 4 is 5.97 Å². The van der Waals surface area contributed by atoms with E-state index >= 15 is 0 Å². The van der Waals surface area contributed by atoms with Crippen molar-refractivity contribution in [1.82, 2.24) is 0 Å². The lowest BCUT2D eigenvalue weighted by Crippen LogP contribution is -2.32. The van der Waals surface area contributed by atoms with Crippen molar-refractivity contribution in [2.45, 2.75) is 45.6 Å². The van der Waals surface area contributed by atoms with E-state index in [1.807, 2.05) is 0 Å². The van der Waals surface area contributed by atoms with Crippen LogP contribution in [0.2, 0.25) is 0 Å². The zero-order valence-electron chi connectivity index (χ0n) is 10.0. The number of rotatable bonds is 4. The minimum Gasteiger partial charge on any atom is -0.468 e. The van der Waals surface area contributed by atoms with Crippen molar-refractivity contribution in [3.05, 3.63) is 0 Å². The maximum absolute atomic E-state index is 11.1. The first-order chi connectivity index (χ1) is 7.06. The van der Waals surface area contributed by atoms with Crippen molar-refractivity contribution in [2.24, 2.45) is 23.5 Å². The highest BCUT2D eigenvalue weighted by Gasteiger charge is 2.30. The van der Waals surface area contributed by atoms with Crippen LogP contribution in [0.5, 0.6) is 0 Å². The molecule has 15 heavy (non-hydrogen) atoms. The van der Waals surface area contributed by atoms with Crippen LogP contribution in [-0.2, 0) is 9.53 Å². The van der Waals surface area contributed by atoms with Crippen LogP contribution in [0.1, 0.15) is 39.5 Å². The van der Waals surface area contributed by atoms with Gasteiger partial charge in [0.15, 0.2) is 0 Å². The van der Waals surface area contributed by atoms with Gasteiger partial charge < -0.3 is 10.5 Å². The van der Waals surface area contributed by atoms with Gasteiger partial charge in [-0.15, -0.1) is 0 Å². The molecule has 0 amide bonds. The van der Waals surface area contributed by atoms with Gasteiger partial charge >= 0.3 is 5.97 Å². The van der Waals surface area contributed by atoms with Gasteiger partial charge in [0.1, 0.15) is 6.04 Å². The van der Waals surface area contributed by atoms with E-state index in [1.54, 1.807) is 0 Å². The van der Waals surface area contributed by atoms with Crippen molar-refractivity contribution in [3.63, 3.8) is 0 Å². The summed E-state index contributed by atoms with van der Waals surface area (Å²) in [7, 11) is 1.39. The van der Waals surface area contributed by atoms with Crippen molar-refractivity contribution in [1.29, 1.82) is 0 Å². The molecule has 0 saturated heterocycles. The van der Waals surface area contributed by atoms with Crippen LogP contribution in [0.15, 0.2) is 0 Å². The smallest absolute Gasteiger partial charge is 0.322 e. The Morgan fingerprint density at radius 2 is 1.93 bits per heavy atom. The molecular weight excluding hydrogens is 190 g/mol. The Balaban J connectivity index is 2.33. The lowest BCUT2D eigenvalue weighted by molar-refractivity contribution is -0.142. The monoisotopic (exact) mass is 213 g/mol. The molecule has 0 heterocycles. The third kappa shape index (κ3) is 3.20. The SMILES string of the molecule is COC(=O)C(N)CCC1C(C)CCC1C. The summed E-state index contributed by atoms with van der Waals surface area (Å²) in [5.74, 6) is 2.02. The Morgan fingerprint density at radius 1 is 1.40 bits per heavy atom. The van der Waals surface area contributed by atoms with Crippen molar-refractivity contribution in [3.8, 4) is 0 Å². The molecule has 0 aromatic rings. The van der Waals surface area contributed by atoms with Crippen LogP contribution in [0.3, 0.4) is 0 Å². The number of nitrogens with two attached hydrogens (primary N) is 1. The minimum absolute atomic E-state index is 0.284. The average Bonchev–Trinajstić information content (AvgIpc) is 2.54. The number of esters is 1. The number of carbonyl (C=O) groups excluding carboxylic acids is 1. The number of hydrogen-bond acceptors (Lipinski definition) is 3. The van der Waals surface area contributed by atoms with Crippen molar-refractivity contribution < 1.29 is 9.53 Å². The van der Waals surface area contributed by atoms with Gasteiger partial charge in [0, 0.05) is 0 Å². The van der Waals surface area contributed by atoms with Crippen LogP contribution in [0, 0.1) is 17.8 Å². The van der Waals surface area contributed by atoms with Crippen LogP contribution in [0.25, 0.3) is 0 Å². The quantitative estimate of drug-likeness (QED) is 0.726. The van der Waals surface area contributed by atoms with Gasteiger partial charge in [-0.2, -0.15) is 0 Å². The van der Waals surface area contributed by atoms with E-state index in [0.29, 0.717) is 0 Å². The highest BCUT2D eigenvalue weighted by atomic mass is 16.5. The van der Waals surface area contributed by atoms with E-state index in [1.165, 1.54) is 20.0 Å². The van der Waals surface area contributed by atoms with Crippen LogP contribution < -0.4 is 5.73 Å². The van der Waals surface area contributed by atoms with Crippen LogP contribution in [-0.4, -0.2) is 19.1 Å². The Bertz CT molecular complexity index is 208.